The van der Waals surface area contributed by atoms with Gasteiger partial charge in [-0.25, -0.2) is 0 Å². The van der Waals surface area contributed by atoms with E-state index in [0.717, 1.165) is 25.0 Å². The molecule has 0 amide bonds. The Kier molecular flexibility index (Phi) is 2.67. The molecule has 1 aromatic rings. The van der Waals surface area contributed by atoms with E-state index in [2.05, 4.69) is 0 Å². The molecular weight excluding hydrogens is 204 g/mol. The minimum atomic E-state index is -0.226. The first kappa shape index (κ1) is 10.3. The Hall–Kier alpha value is -0.900. The van der Waals surface area contributed by atoms with Gasteiger partial charge in [-0.1, -0.05) is 30.3 Å². The van der Waals surface area contributed by atoms with Gasteiger partial charge in [0, 0.05) is 12.2 Å². The van der Waals surface area contributed by atoms with Crippen LogP contribution in [0.5, 0.6) is 0 Å². The second kappa shape index (κ2) is 4.17. The number of hydrogen-bond acceptors (Lipinski definition) is 3. The van der Waals surface area contributed by atoms with Crippen LogP contribution in [0.2, 0.25) is 0 Å². The van der Waals surface area contributed by atoms with Crippen molar-refractivity contribution in [3.05, 3.63) is 35.9 Å². The Labute approximate surface area is 95.3 Å². The fraction of sp³-hybridized carbons (Fsp3) is 0.538. The second-order valence-electron chi connectivity index (χ2n) is 4.50. The first-order valence-electron chi connectivity index (χ1n) is 5.80. The van der Waals surface area contributed by atoms with Crippen LogP contribution in [-0.4, -0.2) is 25.4 Å². The van der Waals surface area contributed by atoms with Crippen molar-refractivity contribution in [1.82, 2.24) is 0 Å². The van der Waals surface area contributed by atoms with Crippen LogP contribution >= 0.6 is 0 Å². The lowest BCUT2D eigenvalue weighted by Crippen LogP contribution is -2.44. The third-order valence-electron chi connectivity index (χ3n) is 3.25. The third-order valence-corrected chi connectivity index (χ3v) is 3.25. The molecule has 0 radical (unpaired) electrons. The second-order valence-corrected chi connectivity index (χ2v) is 4.50. The SMILES string of the molecule is c1ccc(C2OCC3(CCCO3)CO2)cc1. The van der Waals surface area contributed by atoms with E-state index < -0.39 is 0 Å². The number of hydrogen-bond donors (Lipinski definition) is 0. The van der Waals surface area contributed by atoms with Gasteiger partial charge < -0.3 is 14.2 Å². The quantitative estimate of drug-likeness (QED) is 0.726. The average molecular weight is 220 g/mol. The highest BCUT2D eigenvalue weighted by Crippen LogP contribution is 2.34. The van der Waals surface area contributed by atoms with Crippen molar-refractivity contribution in [3.63, 3.8) is 0 Å². The molecular formula is C13H16O3. The fourth-order valence-corrected chi connectivity index (χ4v) is 2.33. The monoisotopic (exact) mass is 220 g/mol. The molecule has 0 atom stereocenters. The Bertz CT molecular complexity index is 333. The molecule has 0 N–H and O–H groups in total. The van der Waals surface area contributed by atoms with E-state index >= 15 is 0 Å². The van der Waals surface area contributed by atoms with Crippen molar-refractivity contribution in [2.24, 2.45) is 0 Å². The molecule has 0 aromatic heterocycles. The van der Waals surface area contributed by atoms with Crippen molar-refractivity contribution in [2.75, 3.05) is 19.8 Å². The van der Waals surface area contributed by atoms with Crippen molar-refractivity contribution >= 4 is 0 Å². The standard InChI is InChI=1S/C13H16O3/c1-2-5-11(6-3-1)12-14-9-13(10-15-12)7-4-8-16-13/h1-3,5-6,12H,4,7-10H2. The Balaban J connectivity index is 1.66. The van der Waals surface area contributed by atoms with Crippen LogP contribution in [0, 0.1) is 0 Å². The highest BCUT2D eigenvalue weighted by atomic mass is 16.7. The minimum absolute atomic E-state index is 0.161. The molecule has 0 aliphatic carbocycles. The van der Waals surface area contributed by atoms with Crippen molar-refractivity contribution in [3.8, 4) is 0 Å². The van der Waals surface area contributed by atoms with Gasteiger partial charge >= 0.3 is 0 Å². The summed E-state index contributed by atoms with van der Waals surface area (Å²) < 4.78 is 17.2. The molecule has 3 rings (SSSR count). The summed E-state index contributed by atoms with van der Waals surface area (Å²) in [5.41, 5.74) is 0.918. The van der Waals surface area contributed by atoms with Crippen molar-refractivity contribution < 1.29 is 14.2 Å². The Morgan fingerprint density at radius 3 is 2.44 bits per heavy atom. The summed E-state index contributed by atoms with van der Waals surface area (Å²) in [5, 5.41) is 0. The summed E-state index contributed by atoms with van der Waals surface area (Å²) in [6.07, 6.45) is 1.94. The van der Waals surface area contributed by atoms with Crippen LogP contribution in [0.4, 0.5) is 0 Å². The topological polar surface area (TPSA) is 27.7 Å². The zero-order valence-electron chi connectivity index (χ0n) is 9.22. The normalized spacial score (nSPS) is 34.4. The van der Waals surface area contributed by atoms with Gasteiger partial charge in [0.2, 0.25) is 0 Å². The van der Waals surface area contributed by atoms with E-state index in [1.54, 1.807) is 0 Å². The maximum atomic E-state index is 5.75. The lowest BCUT2D eigenvalue weighted by molar-refractivity contribution is -0.258. The first-order valence-corrected chi connectivity index (χ1v) is 5.80. The van der Waals surface area contributed by atoms with Crippen LogP contribution in [0.15, 0.2) is 30.3 Å². The molecule has 2 heterocycles. The van der Waals surface area contributed by atoms with E-state index in [9.17, 15) is 0 Å². The molecule has 2 aliphatic rings. The molecule has 3 nitrogen and oxygen atoms in total. The largest absolute Gasteiger partial charge is 0.370 e. The van der Waals surface area contributed by atoms with Gasteiger partial charge in [-0.05, 0) is 12.8 Å². The summed E-state index contributed by atoms with van der Waals surface area (Å²) in [5.74, 6) is 0. The Morgan fingerprint density at radius 2 is 1.81 bits per heavy atom. The molecule has 0 saturated carbocycles. The maximum Gasteiger partial charge on any atom is 0.184 e. The van der Waals surface area contributed by atoms with Crippen molar-refractivity contribution in [1.29, 1.82) is 0 Å². The zero-order valence-corrected chi connectivity index (χ0v) is 9.22. The van der Waals surface area contributed by atoms with E-state index in [1.807, 2.05) is 30.3 Å². The highest BCUT2D eigenvalue weighted by molar-refractivity contribution is 5.16. The molecule has 0 bridgehead atoms. The molecule has 0 unspecified atom stereocenters. The third kappa shape index (κ3) is 1.86. The maximum absolute atomic E-state index is 5.75. The summed E-state index contributed by atoms with van der Waals surface area (Å²) in [6.45, 7) is 2.13. The van der Waals surface area contributed by atoms with Crippen LogP contribution in [0.25, 0.3) is 0 Å². The fourth-order valence-electron chi connectivity index (χ4n) is 2.33. The molecule has 2 aliphatic heterocycles. The summed E-state index contributed by atoms with van der Waals surface area (Å²) in [6, 6.07) is 10.0. The number of ether oxygens (including phenoxy) is 3. The molecule has 2 saturated heterocycles. The number of benzene rings is 1. The molecule has 3 heteroatoms. The highest BCUT2D eigenvalue weighted by Gasteiger charge is 2.40. The summed E-state index contributed by atoms with van der Waals surface area (Å²) >= 11 is 0. The molecule has 16 heavy (non-hydrogen) atoms. The minimum Gasteiger partial charge on any atom is -0.370 e. The zero-order chi connectivity index (χ0) is 10.8. The van der Waals surface area contributed by atoms with E-state index in [0.29, 0.717) is 13.2 Å². The Morgan fingerprint density at radius 1 is 1.06 bits per heavy atom. The lowest BCUT2D eigenvalue weighted by Gasteiger charge is -2.36. The number of rotatable bonds is 1. The smallest absolute Gasteiger partial charge is 0.184 e. The molecule has 1 spiro atoms. The van der Waals surface area contributed by atoms with Crippen molar-refractivity contribution in [2.45, 2.75) is 24.7 Å². The van der Waals surface area contributed by atoms with Gasteiger partial charge in [-0.2, -0.15) is 0 Å². The summed E-state index contributed by atoms with van der Waals surface area (Å²) in [4.78, 5) is 0. The summed E-state index contributed by atoms with van der Waals surface area (Å²) in [7, 11) is 0. The van der Waals surface area contributed by atoms with Gasteiger partial charge in [-0.15, -0.1) is 0 Å². The van der Waals surface area contributed by atoms with E-state index in [1.165, 1.54) is 0 Å². The molecule has 86 valence electrons. The van der Waals surface area contributed by atoms with Gasteiger partial charge in [0.15, 0.2) is 6.29 Å². The van der Waals surface area contributed by atoms with Crippen LogP contribution < -0.4 is 0 Å². The van der Waals surface area contributed by atoms with Gasteiger partial charge in [0.25, 0.3) is 0 Å². The first-order chi connectivity index (χ1) is 7.88. The molecule has 2 fully saturated rings. The van der Waals surface area contributed by atoms with Crippen LogP contribution in [0.1, 0.15) is 24.7 Å². The predicted molar refractivity (Wildman–Crippen MR) is 59.0 cm³/mol. The van der Waals surface area contributed by atoms with Crippen LogP contribution in [0.3, 0.4) is 0 Å². The van der Waals surface area contributed by atoms with Gasteiger partial charge in [0.1, 0.15) is 5.60 Å². The average Bonchev–Trinajstić information content (AvgIpc) is 2.80. The van der Waals surface area contributed by atoms with Gasteiger partial charge in [0.05, 0.1) is 13.2 Å². The predicted octanol–water partition coefficient (Wildman–Crippen LogP) is 2.28. The van der Waals surface area contributed by atoms with Crippen LogP contribution in [-0.2, 0) is 14.2 Å². The van der Waals surface area contributed by atoms with E-state index in [-0.39, 0.29) is 11.9 Å². The lowest BCUT2D eigenvalue weighted by atomic mass is 10.0. The molecule has 1 aromatic carbocycles. The van der Waals surface area contributed by atoms with Gasteiger partial charge in [-0.3, -0.25) is 0 Å². The van der Waals surface area contributed by atoms with E-state index in [4.69, 9.17) is 14.2 Å².